The van der Waals surface area contributed by atoms with Crippen LogP contribution in [0.25, 0.3) is 0 Å². The lowest BCUT2D eigenvalue weighted by Crippen LogP contribution is -2.58. The number of rotatable bonds is 5. The van der Waals surface area contributed by atoms with E-state index in [0.29, 0.717) is 54.9 Å². The number of aliphatic carboxylic acids is 1. The highest BCUT2D eigenvalue weighted by atomic mass is 16.4. The third kappa shape index (κ3) is 4.15. The number of aliphatic hydroxyl groups excluding tert-OH is 2. The number of aliphatic hydroxyl groups is 2. The number of carboxylic acid groups (broad SMARTS) is 1. The van der Waals surface area contributed by atoms with Gasteiger partial charge in [-0.2, -0.15) is 0 Å². The summed E-state index contributed by atoms with van der Waals surface area (Å²) in [6.07, 6.45) is 10.6. The molecule has 5 rings (SSSR count). The fourth-order valence-corrected chi connectivity index (χ4v) is 10.2. The zero-order valence-corrected chi connectivity index (χ0v) is 22.0. The first-order valence-corrected chi connectivity index (χ1v) is 14.4. The first kappa shape index (κ1) is 25.5. The van der Waals surface area contributed by atoms with Crippen LogP contribution < -0.4 is 0 Å². The smallest absolute Gasteiger partial charge is 0.326 e. The molecule has 3 unspecified atom stereocenters. The van der Waals surface area contributed by atoms with E-state index >= 15 is 0 Å². The van der Waals surface area contributed by atoms with E-state index in [-0.39, 0.29) is 28.9 Å². The van der Waals surface area contributed by atoms with Gasteiger partial charge in [-0.1, -0.05) is 20.8 Å². The van der Waals surface area contributed by atoms with Crippen molar-refractivity contribution >= 4 is 11.9 Å². The summed E-state index contributed by atoms with van der Waals surface area (Å²) in [4.78, 5) is 26.0. The number of carbonyl (C=O) groups excluding carboxylic acids is 1. The Balaban J connectivity index is 1.26. The Hall–Kier alpha value is -1.14. The Morgan fingerprint density at radius 3 is 2.43 bits per heavy atom. The van der Waals surface area contributed by atoms with Crippen LogP contribution in [0.4, 0.5) is 0 Å². The highest BCUT2D eigenvalue weighted by Crippen LogP contribution is 2.68. The van der Waals surface area contributed by atoms with Gasteiger partial charge < -0.3 is 20.2 Å². The molecule has 0 radical (unpaired) electrons. The van der Waals surface area contributed by atoms with Crippen molar-refractivity contribution in [3.63, 3.8) is 0 Å². The Kier molecular flexibility index (Phi) is 6.78. The van der Waals surface area contributed by atoms with E-state index in [2.05, 4.69) is 20.8 Å². The maximum absolute atomic E-state index is 12.9. The molecule has 4 saturated carbocycles. The predicted octanol–water partition coefficient (Wildman–Crippen LogP) is 4.47. The van der Waals surface area contributed by atoms with Crippen molar-refractivity contribution < 1.29 is 24.9 Å². The summed E-state index contributed by atoms with van der Waals surface area (Å²) in [6.45, 7) is 7.80. The maximum Gasteiger partial charge on any atom is 0.326 e. The number of carbonyl (C=O) groups is 2. The number of amides is 1. The molecule has 0 aromatic rings. The van der Waals surface area contributed by atoms with Gasteiger partial charge in [0.1, 0.15) is 6.04 Å². The number of likely N-dealkylation sites (tertiary alicyclic amines) is 1. The molecule has 1 saturated heterocycles. The molecule has 6 nitrogen and oxygen atoms in total. The zero-order chi connectivity index (χ0) is 25.1. The molecule has 0 bridgehead atoms. The van der Waals surface area contributed by atoms with Crippen molar-refractivity contribution in [2.75, 3.05) is 6.54 Å². The highest BCUT2D eigenvalue weighted by Gasteiger charge is 2.62. The average molecular weight is 490 g/mol. The van der Waals surface area contributed by atoms with Crippen LogP contribution in [0.1, 0.15) is 97.8 Å². The van der Waals surface area contributed by atoms with Gasteiger partial charge in [-0.3, -0.25) is 4.79 Å². The molecule has 6 heteroatoms. The lowest BCUT2D eigenvalue weighted by molar-refractivity contribution is -0.174. The molecule has 0 spiro atoms. The van der Waals surface area contributed by atoms with Crippen molar-refractivity contribution in [3.05, 3.63) is 0 Å². The van der Waals surface area contributed by atoms with Crippen molar-refractivity contribution in [1.29, 1.82) is 0 Å². The molecule has 3 N–H and O–H groups in total. The van der Waals surface area contributed by atoms with Gasteiger partial charge >= 0.3 is 5.97 Å². The summed E-state index contributed by atoms with van der Waals surface area (Å²) < 4.78 is 0. The molecule has 1 aliphatic heterocycles. The summed E-state index contributed by atoms with van der Waals surface area (Å²) in [5.74, 6) is 2.01. The number of fused-ring (bicyclic) bond motifs is 5. The van der Waals surface area contributed by atoms with Crippen molar-refractivity contribution in [1.82, 2.24) is 4.90 Å². The third-order valence-electron chi connectivity index (χ3n) is 12.1. The van der Waals surface area contributed by atoms with Crippen LogP contribution >= 0.6 is 0 Å². The summed E-state index contributed by atoms with van der Waals surface area (Å²) in [6, 6.07) is -0.639. The van der Waals surface area contributed by atoms with E-state index in [9.17, 15) is 24.9 Å². The van der Waals surface area contributed by atoms with Gasteiger partial charge in [-0.15, -0.1) is 0 Å². The Morgan fingerprint density at radius 2 is 1.69 bits per heavy atom. The Labute approximate surface area is 210 Å². The average Bonchev–Trinajstić information content (AvgIpc) is 3.43. The Morgan fingerprint density at radius 1 is 0.971 bits per heavy atom. The summed E-state index contributed by atoms with van der Waals surface area (Å²) >= 11 is 0. The van der Waals surface area contributed by atoms with Crippen LogP contribution in [0.15, 0.2) is 0 Å². The second kappa shape index (κ2) is 9.31. The maximum atomic E-state index is 12.9. The van der Waals surface area contributed by atoms with Gasteiger partial charge in [0.15, 0.2) is 0 Å². The SMILES string of the molecule is C[C@H](CCC(=O)N1CCC[C@H]1C(=O)O)[C@H]1CCC2C3C(CC[C@@]21C)[C@@]1(C)CC[C@@H](O)C[C@H]1C[C@@H]3O. The van der Waals surface area contributed by atoms with Crippen molar-refractivity contribution in [2.45, 2.75) is 116 Å². The third-order valence-corrected chi connectivity index (χ3v) is 12.1. The molecule has 5 aliphatic rings. The number of nitrogens with zero attached hydrogens (tertiary/aromatic N) is 1. The minimum atomic E-state index is -0.874. The molecule has 5 fully saturated rings. The standard InChI is InChI=1S/C29H47NO5/c1-17(6-9-25(33)30-14-4-5-23(30)27(34)35)20-7-8-21-26-22(11-13-29(20,21)3)28(2)12-10-19(31)15-18(28)16-24(26)32/h17-24,26,31-32H,4-16H2,1-3H3,(H,34,35)/t17-,18+,19-,20-,21?,22?,23+,24+,26?,28+,29-/m1/s1. The lowest BCUT2D eigenvalue weighted by Gasteiger charge is -2.62. The van der Waals surface area contributed by atoms with Crippen LogP contribution in [0.3, 0.4) is 0 Å². The Bertz CT molecular complexity index is 832. The summed E-state index contributed by atoms with van der Waals surface area (Å²) in [7, 11) is 0. The van der Waals surface area contributed by atoms with Crippen LogP contribution in [0.5, 0.6) is 0 Å². The first-order chi connectivity index (χ1) is 16.6. The molecular weight excluding hydrogens is 442 g/mol. The van der Waals surface area contributed by atoms with Gasteiger partial charge in [0.05, 0.1) is 12.2 Å². The van der Waals surface area contributed by atoms with E-state index in [1.165, 1.54) is 25.7 Å². The lowest BCUT2D eigenvalue weighted by atomic mass is 9.43. The second-order valence-electron chi connectivity index (χ2n) is 13.6. The van der Waals surface area contributed by atoms with Crippen LogP contribution in [-0.4, -0.2) is 56.9 Å². The quantitative estimate of drug-likeness (QED) is 0.529. The zero-order valence-electron chi connectivity index (χ0n) is 22.0. The van der Waals surface area contributed by atoms with Crippen LogP contribution in [0.2, 0.25) is 0 Å². The van der Waals surface area contributed by atoms with Crippen LogP contribution in [-0.2, 0) is 9.59 Å². The molecule has 198 valence electrons. The van der Waals surface area contributed by atoms with E-state index in [1.807, 2.05) is 0 Å². The summed E-state index contributed by atoms with van der Waals surface area (Å²) in [5.41, 5.74) is 0.455. The molecule has 0 aromatic carbocycles. The molecule has 1 heterocycles. The number of hydrogen-bond donors (Lipinski definition) is 3. The van der Waals surface area contributed by atoms with E-state index < -0.39 is 12.0 Å². The highest BCUT2D eigenvalue weighted by molar-refractivity contribution is 5.84. The summed E-state index contributed by atoms with van der Waals surface area (Å²) in [5, 5.41) is 31.2. The van der Waals surface area contributed by atoms with E-state index in [0.717, 1.165) is 38.5 Å². The van der Waals surface area contributed by atoms with Crippen LogP contribution in [0, 0.1) is 46.3 Å². The first-order valence-electron chi connectivity index (χ1n) is 14.4. The molecule has 11 atom stereocenters. The normalized spacial score (nSPS) is 48.1. The molecule has 35 heavy (non-hydrogen) atoms. The predicted molar refractivity (Wildman–Crippen MR) is 133 cm³/mol. The minimum absolute atomic E-state index is 0.00585. The van der Waals surface area contributed by atoms with Gasteiger partial charge in [0.25, 0.3) is 0 Å². The van der Waals surface area contributed by atoms with Gasteiger partial charge in [0.2, 0.25) is 5.91 Å². The van der Waals surface area contributed by atoms with Gasteiger partial charge in [-0.05, 0) is 117 Å². The fourth-order valence-electron chi connectivity index (χ4n) is 10.2. The van der Waals surface area contributed by atoms with E-state index in [4.69, 9.17) is 0 Å². The molecular formula is C29H47NO5. The second-order valence-corrected chi connectivity index (χ2v) is 13.6. The monoisotopic (exact) mass is 489 g/mol. The van der Waals surface area contributed by atoms with Crippen molar-refractivity contribution in [2.24, 2.45) is 46.3 Å². The van der Waals surface area contributed by atoms with Gasteiger partial charge in [0, 0.05) is 13.0 Å². The topological polar surface area (TPSA) is 98.1 Å². The van der Waals surface area contributed by atoms with E-state index in [1.54, 1.807) is 4.90 Å². The number of hydrogen-bond acceptors (Lipinski definition) is 4. The minimum Gasteiger partial charge on any atom is -0.480 e. The number of carboxylic acids is 1. The molecule has 1 amide bonds. The fraction of sp³-hybridized carbons (Fsp3) is 0.931. The molecule has 0 aromatic heterocycles. The molecule has 4 aliphatic carbocycles. The van der Waals surface area contributed by atoms with Crippen molar-refractivity contribution in [3.8, 4) is 0 Å². The largest absolute Gasteiger partial charge is 0.480 e. The van der Waals surface area contributed by atoms with Gasteiger partial charge in [-0.25, -0.2) is 4.79 Å².